The van der Waals surface area contributed by atoms with E-state index in [4.69, 9.17) is 10.5 Å². The monoisotopic (exact) mass is 393 g/mol. The highest BCUT2D eigenvalue weighted by molar-refractivity contribution is 5.97. The van der Waals surface area contributed by atoms with E-state index in [1.54, 1.807) is 0 Å². The molecule has 0 saturated carbocycles. The largest absolute Gasteiger partial charge is 0.449 e. The Kier molecular flexibility index (Phi) is 6.85. The second-order valence-corrected chi connectivity index (χ2v) is 5.51. The molecule has 10 heteroatoms. The van der Waals surface area contributed by atoms with Gasteiger partial charge in [0.25, 0.3) is 5.91 Å². The van der Waals surface area contributed by atoms with E-state index in [2.05, 4.69) is 15.4 Å². The molecular weight excluding hydrogens is 376 g/mol. The Bertz CT molecular complexity index is 841. The third-order valence-corrected chi connectivity index (χ3v) is 3.39. The lowest BCUT2D eigenvalue weighted by molar-refractivity contribution is -0.123. The molecule has 28 heavy (non-hydrogen) atoms. The first-order valence-electron chi connectivity index (χ1n) is 7.98. The van der Waals surface area contributed by atoms with Crippen LogP contribution in [0.15, 0.2) is 48.5 Å². The van der Waals surface area contributed by atoms with Crippen molar-refractivity contribution >= 4 is 29.3 Å². The fraction of sp³-hybridized carbons (Fsp3) is 0.167. The number of ether oxygens (including phenoxy) is 2. The van der Waals surface area contributed by atoms with Crippen molar-refractivity contribution in [2.24, 2.45) is 5.73 Å². The third kappa shape index (κ3) is 6.24. The van der Waals surface area contributed by atoms with Crippen LogP contribution in [0.4, 0.5) is 25.0 Å². The van der Waals surface area contributed by atoms with Crippen molar-refractivity contribution in [1.29, 1.82) is 0 Å². The zero-order valence-electron chi connectivity index (χ0n) is 14.6. The molecule has 4 N–H and O–H groups in total. The Morgan fingerprint density at radius 2 is 1.46 bits per heavy atom. The third-order valence-electron chi connectivity index (χ3n) is 3.39. The lowest BCUT2D eigenvalue weighted by Crippen LogP contribution is -2.30. The molecule has 0 aromatic heterocycles. The highest BCUT2D eigenvalue weighted by Crippen LogP contribution is 2.18. The minimum atomic E-state index is -2.94. The summed E-state index contributed by atoms with van der Waals surface area (Å²) < 4.78 is 33.5. The summed E-state index contributed by atoms with van der Waals surface area (Å²) in [5.74, 6) is -1.40. The highest BCUT2D eigenvalue weighted by Gasteiger charge is 2.19. The molecule has 2 rings (SSSR count). The van der Waals surface area contributed by atoms with Crippen molar-refractivity contribution < 1.29 is 32.6 Å². The highest BCUT2D eigenvalue weighted by atomic mass is 19.3. The predicted octanol–water partition coefficient (Wildman–Crippen LogP) is 2.96. The van der Waals surface area contributed by atoms with Gasteiger partial charge in [-0.05, 0) is 55.5 Å². The topological polar surface area (TPSA) is 120 Å². The van der Waals surface area contributed by atoms with Gasteiger partial charge in [-0.2, -0.15) is 8.78 Å². The number of urea groups is 1. The number of halogens is 2. The fourth-order valence-electron chi connectivity index (χ4n) is 2.08. The van der Waals surface area contributed by atoms with Crippen molar-refractivity contribution in [3.05, 3.63) is 54.1 Å². The molecule has 1 atom stereocenters. The summed E-state index contributed by atoms with van der Waals surface area (Å²) in [6.07, 6.45) is -1.12. The Labute approximate surface area is 158 Å². The van der Waals surface area contributed by atoms with E-state index < -0.39 is 30.6 Å². The van der Waals surface area contributed by atoms with Crippen LogP contribution < -0.4 is 21.1 Å². The molecule has 0 fully saturated rings. The van der Waals surface area contributed by atoms with E-state index in [0.717, 1.165) is 0 Å². The maximum Gasteiger partial charge on any atom is 0.387 e. The number of benzene rings is 2. The van der Waals surface area contributed by atoms with Gasteiger partial charge in [-0.15, -0.1) is 0 Å². The molecule has 148 valence electrons. The normalized spacial score (nSPS) is 11.4. The number of carbonyl (C=O) groups is 3. The van der Waals surface area contributed by atoms with Crippen molar-refractivity contribution in [3.63, 3.8) is 0 Å². The number of rotatable bonds is 7. The molecule has 0 unspecified atom stereocenters. The first kappa shape index (κ1) is 20.6. The quantitative estimate of drug-likeness (QED) is 0.625. The van der Waals surface area contributed by atoms with E-state index in [0.29, 0.717) is 11.4 Å². The van der Waals surface area contributed by atoms with Gasteiger partial charge in [0, 0.05) is 11.4 Å². The summed E-state index contributed by atoms with van der Waals surface area (Å²) in [6.45, 7) is -1.56. The number of hydrogen-bond acceptors (Lipinski definition) is 5. The zero-order valence-corrected chi connectivity index (χ0v) is 14.6. The van der Waals surface area contributed by atoms with Gasteiger partial charge in [0.05, 0.1) is 5.56 Å². The molecule has 0 aliphatic heterocycles. The molecule has 2 aromatic carbocycles. The molecule has 0 radical (unpaired) electrons. The molecule has 0 aliphatic carbocycles. The first-order chi connectivity index (χ1) is 13.2. The summed E-state index contributed by atoms with van der Waals surface area (Å²) in [5, 5.41) is 4.83. The van der Waals surface area contributed by atoms with Gasteiger partial charge in [0.15, 0.2) is 6.10 Å². The molecule has 0 heterocycles. The van der Waals surface area contributed by atoms with Crippen molar-refractivity contribution in [2.45, 2.75) is 19.6 Å². The Morgan fingerprint density at radius 3 is 2.00 bits per heavy atom. The Hall–Kier alpha value is -3.69. The zero-order chi connectivity index (χ0) is 20.7. The minimum absolute atomic E-state index is 0.0539. The van der Waals surface area contributed by atoms with Crippen LogP contribution >= 0.6 is 0 Å². The summed E-state index contributed by atoms with van der Waals surface area (Å²) in [5.41, 5.74) is 5.87. The second kappa shape index (κ2) is 9.31. The van der Waals surface area contributed by atoms with Gasteiger partial charge in [-0.1, -0.05) is 0 Å². The summed E-state index contributed by atoms with van der Waals surface area (Å²) in [6, 6.07) is 10.2. The number of nitrogens with one attached hydrogen (secondary N) is 2. The molecule has 2 aromatic rings. The van der Waals surface area contributed by atoms with Gasteiger partial charge in [-0.25, -0.2) is 9.59 Å². The summed E-state index contributed by atoms with van der Waals surface area (Å²) in [4.78, 5) is 35.0. The number of primary amides is 1. The van der Waals surface area contributed by atoms with Crippen LogP contribution in [0.1, 0.15) is 17.3 Å². The van der Waals surface area contributed by atoms with Crippen LogP contribution in [-0.2, 0) is 9.53 Å². The molecule has 8 nitrogen and oxygen atoms in total. The average molecular weight is 393 g/mol. The van der Waals surface area contributed by atoms with Gasteiger partial charge >= 0.3 is 18.6 Å². The van der Waals surface area contributed by atoms with Crippen LogP contribution in [0.25, 0.3) is 0 Å². The minimum Gasteiger partial charge on any atom is -0.449 e. The molecule has 0 aliphatic rings. The Balaban J connectivity index is 1.90. The van der Waals surface area contributed by atoms with Crippen LogP contribution in [0.5, 0.6) is 5.75 Å². The van der Waals surface area contributed by atoms with Crippen LogP contribution in [0, 0.1) is 0 Å². The molecule has 0 bridgehead atoms. The van der Waals surface area contributed by atoms with Gasteiger partial charge in [0.2, 0.25) is 0 Å². The van der Waals surface area contributed by atoms with Gasteiger partial charge < -0.3 is 25.8 Å². The smallest absolute Gasteiger partial charge is 0.387 e. The molecular formula is C18H17F2N3O5. The van der Waals surface area contributed by atoms with Gasteiger partial charge in [0.1, 0.15) is 5.75 Å². The van der Waals surface area contributed by atoms with E-state index in [-0.39, 0.29) is 11.3 Å². The SMILES string of the molecule is C[C@H](OC(=O)c1ccc(NC(N)=O)cc1)C(=O)Nc1ccc(OC(F)F)cc1. The number of alkyl halides is 2. The first-order valence-corrected chi connectivity index (χ1v) is 7.98. The Morgan fingerprint density at radius 1 is 0.929 bits per heavy atom. The average Bonchev–Trinajstić information content (AvgIpc) is 2.63. The summed E-state index contributed by atoms with van der Waals surface area (Å²) >= 11 is 0. The maximum atomic E-state index is 12.1. The molecule has 0 spiro atoms. The van der Waals surface area contributed by atoms with E-state index in [9.17, 15) is 23.2 Å². The van der Waals surface area contributed by atoms with E-state index in [1.165, 1.54) is 55.5 Å². The van der Waals surface area contributed by atoms with Crippen molar-refractivity contribution in [2.75, 3.05) is 10.6 Å². The number of carbonyl (C=O) groups excluding carboxylic acids is 3. The van der Waals surface area contributed by atoms with Gasteiger partial charge in [-0.3, -0.25) is 4.79 Å². The van der Waals surface area contributed by atoms with E-state index >= 15 is 0 Å². The molecule has 0 saturated heterocycles. The lowest BCUT2D eigenvalue weighted by atomic mass is 10.2. The fourth-order valence-corrected chi connectivity index (χ4v) is 2.08. The number of hydrogen-bond donors (Lipinski definition) is 3. The van der Waals surface area contributed by atoms with Crippen LogP contribution in [-0.4, -0.2) is 30.6 Å². The molecule has 3 amide bonds. The van der Waals surface area contributed by atoms with E-state index in [1.807, 2.05) is 0 Å². The standard InChI is InChI=1S/C18H17F2N3O5/c1-10(15(24)22-12-6-8-14(9-7-12)28-17(19)20)27-16(25)11-2-4-13(5-3-11)23-18(21)26/h2-10,17H,1H3,(H,22,24)(H3,21,23,26)/t10-/m0/s1. The van der Waals surface area contributed by atoms with Crippen LogP contribution in [0.2, 0.25) is 0 Å². The summed E-state index contributed by atoms with van der Waals surface area (Å²) in [7, 11) is 0. The number of esters is 1. The number of nitrogens with two attached hydrogens (primary N) is 1. The van der Waals surface area contributed by atoms with Crippen LogP contribution in [0.3, 0.4) is 0 Å². The maximum absolute atomic E-state index is 12.1. The van der Waals surface area contributed by atoms with Crippen molar-refractivity contribution in [1.82, 2.24) is 0 Å². The number of anilines is 2. The van der Waals surface area contributed by atoms with Crippen molar-refractivity contribution in [3.8, 4) is 5.75 Å². The lowest BCUT2D eigenvalue weighted by Gasteiger charge is -2.14. The second-order valence-electron chi connectivity index (χ2n) is 5.51. The predicted molar refractivity (Wildman–Crippen MR) is 96.2 cm³/mol. The number of amides is 3.